The zero-order valence-electron chi connectivity index (χ0n) is 17.9. The molecule has 2 aromatic heterocycles. The summed E-state index contributed by atoms with van der Waals surface area (Å²) in [6.45, 7) is 2.43. The molecular formula is C24H21FN6O2. The number of hydrogen-bond donors (Lipinski definition) is 2. The van der Waals surface area contributed by atoms with Gasteiger partial charge in [0.25, 0.3) is 0 Å². The van der Waals surface area contributed by atoms with Gasteiger partial charge < -0.3 is 10.1 Å². The maximum absolute atomic E-state index is 14.4. The Morgan fingerprint density at radius 1 is 1.15 bits per heavy atom. The zero-order valence-corrected chi connectivity index (χ0v) is 17.9. The summed E-state index contributed by atoms with van der Waals surface area (Å²) >= 11 is 0. The van der Waals surface area contributed by atoms with E-state index < -0.39 is 5.41 Å². The summed E-state index contributed by atoms with van der Waals surface area (Å²) in [5.41, 5.74) is 2.53. The second-order valence-corrected chi connectivity index (χ2v) is 7.84. The van der Waals surface area contributed by atoms with E-state index >= 15 is 0 Å². The molecule has 1 aliphatic rings. The largest absolute Gasteiger partial charge is 0.478 e. The van der Waals surface area contributed by atoms with Crippen molar-refractivity contribution in [1.29, 1.82) is 0 Å². The molecule has 0 atom stereocenters. The highest BCUT2D eigenvalue weighted by Crippen LogP contribution is 2.50. The first kappa shape index (κ1) is 20.7. The van der Waals surface area contributed by atoms with Crippen molar-refractivity contribution in [2.24, 2.45) is 0 Å². The van der Waals surface area contributed by atoms with Gasteiger partial charge >= 0.3 is 0 Å². The van der Waals surface area contributed by atoms with Gasteiger partial charge in [0.05, 0.1) is 12.0 Å². The van der Waals surface area contributed by atoms with Crippen LogP contribution >= 0.6 is 0 Å². The first-order valence-corrected chi connectivity index (χ1v) is 10.6. The van der Waals surface area contributed by atoms with Crippen LogP contribution in [0.4, 0.5) is 10.1 Å². The lowest BCUT2D eigenvalue weighted by Crippen LogP contribution is -2.28. The van der Waals surface area contributed by atoms with Gasteiger partial charge in [0.15, 0.2) is 5.82 Å². The molecule has 0 radical (unpaired) electrons. The number of nitrogens with one attached hydrogen (secondary N) is 2. The molecule has 2 N–H and O–H groups in total. The summed E-state index contributed by atoms with van der Waals surface area (Å²) < 4.78 is 19.8. The van der Waals surface area contributed by atoms with Crippen molar-refractivity contribution in [3.63, 3.8) is 0 Å². The average Bonchev–Trinajstić information content (AvgIpc) is 3.46. The molecule has 1 saturated carbocycles. The maximum Gasteiger partial charge on any atom is 0.235 e. The van der Waals surface area contributed by atoms with Gasteiger partial charge in [-0.1, -0.05) is 24.3 Å². The smallest absolute Gasteiger partial charge is 0.235 e. The molecule has 9 heteroatoms. The highest BCUT2D eigenvalue weighted by molar-refractivity contribution is 6.02. The summed E-state index contributed by atoms with van der Waals surface area (Å²) in [5, 5.41) is 17.1. The predicted molar refractivity (Wildman–Crippen MR) is 120 cm³/mol. The number of aromatic amines is 1. The normalized spacial score (nSPS) is 14.0. The maximum atomic E-state index is 14.4. The minimum Gasteiger partial charge on any atom is -0.478 e. The summed E-state index contributed by atoms with van der Waals surface area (Å²) in [6, 6.07) is 15.6. The number of aromatic nitrogens is 5. The van der Waals surface area contributed by atoms with E-state index in [4.69, 9.17) is 4.74 Å². The molecule has 0 bridgehead atoms. The van der Waals surface area contributed by atoms with Gasteiger partial charge in [-0.2, -0.15) is 0 Å². The Morgan fingerprint density at radius 2 is 2.00 bits per heavy atom. The SMILES string of the molecule is CCOc1ccc(-c2ccc(NC(=O)C3(c4ccccc4F)CC3)cc2-c2nnn[nH]2)cn1. The Kier molecular flexibility index (Phi) is 5.29. The molecule has 1 amide bonds. The van der Waals surface area contributed by atoms with Crippen molar-refractivity contribution in [3.05, 3.63) is 72.2 Å². The molecule has 166 valence electrons. The quantitative estimate of drug-likeness (QED) is 0.444. The first-order chi connectivity index (χ1) is 16.1. The third-order valence-electron chi connectivity index (χ3n) is 5.79. The molecule has 0 unspecified atom stereocenters. The molecule has 33 heavy (non-hydrogen) atoms. The fourth-order valence-electron chi connectivity index (χ4n) is 3.96. The third-order valence-corrected chi connectivity index (χ3v) is 5.79. The van der Waals surface area contributed by atoms with Crippen LogP contribution < -0.4 is 10.1 Å². The van der Waals surface area contributed by atoms with Crippen molar-refractivity contribution in [2.75, 3.05) is 11.9 Å². The van der Waals surface area contributed by atoms with E-state index in [0.717, 1.165) is 11.1 Å². The fraction of sp³-hybridized carbons (Fsp3) is 0.208. The number of H-pyrrole nitrogens is 1. The number of tetrazole rings is 1. The number of carbonyl (C=O) groups is 1. The molecule has 1 fully saturated rings. The van der Waals surface area contributed by atoms with Crippen molar-refractivity contribution >= 4 is 11.6 Å². The van der Waals surface area contributed by atoms with Crippen molar-refractivity contribution < 1.29 is 13.9 Å². The Morgan fingerprint density at radius 3 is 2.67 bits per heavy atom. The monoisotopic (exact) mass is 444 g/mol. The summed E-state index contributed by atoms with van der Waals surface area (Å²) in [7, 11) is 0. The highest BCUT2D eigenvalue weighted by atomic mass is 19.1. The minimum absolute atomic E-state index is 0.232. The molecule has 8 nitrogen and oxygen atoms in total. The van der Waals surface area contributed by atoms with Crippen molar-refractivity contribution in [3.8, 4) is 28.4 Å². The number of rotatable bonds is 7. The van der Waals surface area contributed by atoms with E-state index in [1.807, 2.05) is 19.1 Å². The predicted octanol–water partition coefficient (Wildman–Crippen LogP) is 4.14. The lowest BCUT2D eigenvalue weighted by atomic mass is 9.94. The molecule has 1 aliphatic carbocycles. The minimum atomic E-state index is -0.836. The van der Waals surface area contributed by atoms with E-state index in [-0.39, 0.29) is 11.7 Å². The number of benzene rings is 2. The van der Waals surface area contributed by atoms with Crippen LogP contribution in [0.1, 0.15) is 25.3 Å². The summed E-state index contributed by atoms with van der Waals surface area (Å²) in [5.74, 6) is 0.391. The fourth-order valence-corrected chi connectivity index (χ4v) is 3.96. The first-order valence-electron chi connectivity index (χ1n) is 10.6. The topological polar surface area (TPSA) is 106 Å². The molecular weight excluding hydrogens is 423 g/mol. The zero-order chi connectivity index (χ0) is 22.8. The lowest BCUT2D eigenvalue weighted by Gasteiger charge is -2.17. The van der Waals surface area contributed by atoms with Crippen LogP contribution in [0.3, 0.4) is 0 Å². The molecule has 5 rings (SSSR count). The van der Waals surface area contributed by atoms with Crippen LogP contribution in [0.2, 0.25) is 0 Å². The van der Waals surface area contributed by atoms with Gasteiger partial charge in [0, 0.05) is 34.6 Å². The number of nitrogens with zero attached hydrogens (tertiary/aromatic N) is 4. The molecule has 0 aliphatic heterocycles. The summed E-state index contributed by atoms with van der Waals surface area (Å²) in [6.07, 6.45) is 2.92. The van der Waals surface area contributed by atoms with E-state index in [0.29, 0.717) is 48.0 Å². The van der Waals surface area contributed by atoms with Crippen molar-refractivity contribution in [1.82, 2.24) is 25.6 Å². The van der Waals surface area contributed by atoms with E-state index in [9.17, 15) is 9.18 Å². The number of pyridine rings is 1. The average molecular weight is 444 g/mol. The van der Waals surface area contributed by atoms with Gasteiger partial charge in [0.1, 0.15) is 5.82 Å². The lowest BCUT2D eigenvalue weighted by molar-refractivity contribution is -0.118. The van der Waals surface area contributed by atoms with Gasteiger partial charge in [0.2, 0.25) is 11.8 Å². The molecule has 0 spiro atoms. The molecule has 2 heterocycles. The van der Waals surface area contributed by atoms with Crippen LogP contribution in [0.5, 0.6) is 5.88 Å². The Hall–Kier alpha value is -4.14. The van der Waals surface area contributed by atoms with Crippen LogP contribution in [-0.2, 0) is 10.2 Å². The number of carbonyl (C=O) groups excluding carboxylic acids is 1. The van der Waals surface area contributed by atoms with Gasteiger partial charge in [-0.15, -0.1) is 5.10 Å². The second kappa shape index (κ2) is 8.42. The van der Waals surface area contributed by atoms with E-state index in [2.05, 4.69) is 30.9 Å². The second-order valence-electron chi connectivity index (χ2n) is 7.84. The van der Waals surface area contributed by atoms with Gasteiger partial charge in [-0.3, -0.25) is 4.79 Å². The van der Waals surface area contributed by atoms with E-state index in [1.165, 1.54) is 6.07 Å². The molecule has 0 saturated heterocycles. The van der Waals surface area contributed by atoms with Crippen LogP contribution in [-0.4, -0.2) is 38.1 Å². The Bertz CT molecular complexity index is 1290. The summed E-state index contributed by atoms with van der Waals surface area (Å²) in [4.78, 5) is 17.5. The Labute approximate surface area is 189 Å². The number of amides is 1. The van der Waals surface area contributed by atoms with Crippen LogP contribution in [0, 0.1) is 5.82 Å². The van der Waals surface area contributed by atoms with Gasteiger partial charge in [-0.05, 0) is 60.0 Å². The number of ether oxygens (including phenoxy) is 1. The van der Waals surface area contributed by atoms with Crippen LogP contribution in [0.25, 0.3) is 22.5 Å². The van der Waals surface area contributed by atoms with Crippen molar-refractivity contribution in [2.45, 2.75) is 25.2 Å². The molecule has 4 aromatic rings. The molecule has 2 aromatic carbocycles. The highest BCUT2D eigenvalue weighted by Gasteiger charge is 2.52. The van der Waals surface area contributed by atoms with Gasteiger partial charge in [-0.25, -0.2) is 14.5 Å². The number of hydrogen-bond acceptors (Lipinski definition) is 6. The third kappa shape index (κ3) is 3.93. The van der Waals surface area contributed by atoms with E-state index in [1.54, 1.807) is 42.6 Å². The Balaban J connectivity index is 1.47. The number of anilines is 1. The van der Waals surface area contributed by atoms with Crippen LogP contribution in [0.15, 0.2) is 60.8 Å². The standard InChI is InChI=1S/C24H21FN6O2/c1-2-33-21-10-7-15(14-26-21)17-9-8-16(13-18(17)22-28-30-31-29-22)27-23(32)24(11-12-24)19-5-3-4-6-20(19)25/h3-10,13-14H,2,11-12H2,1H3,(H,27,32)(H,28,29,30,31). The number of halogens is 1.